The Morgan fingerprint density at radius 1 is 1.07 bits per heavy atom. The first kappa shape index (κ1) is 17.0. The van der Waals surface area contributed by atoms with Gasteiger partial charge in [-0.25, -0.2) is 24.6 Å². The lowest BCUT2D eigenvalue weighted by Crippen LogP contribution is -2.33. The normalized spacial score (nSPS) is 13.0. The first-order valence-electron chi connectivity index (χ1n) is 7.93. The molecule has 0 unspecified atom stereocenters. The smallest absolute Gasteiger partial charge is 0.352 e. The van der Waals surface area contributed by atoms with Crippen molar-refractivity contribution in [3.63, 3.8) is 0 Å². The molecule has 0 saturated heterocycles. The van der Waals surface area contributed by atoms with Gasteiger partial charge in [0.2, 0.25) is 0 Å². The maximum absolute atomic E-state index is 12.4. The zero-order valence-corrected chi connectivity index (χ0v) is 14.9. The average Bonchev–Trinajstić information content (AvgIpc) is 3.20. The topological polar surface area (TPSA) is 102 Å². The van der Waals surface area contributed by atoms with Gasteiger partial charge in [-0.05, 0) is 25.1 Å². The fraction of sp³-hybridized carbons (Fsp3) is 0.111. The Morgan fingerprint density at radius 2 is 1.70 bits per heavy atom. The first-order valence-corrected chi connectivity index (χ1v) is 8.75. The van der Waals surface area contributed by atoms with Crippen LogP contribution in [0.15, 0.2) is 42.7 Å². The van der Waals surface area contributed by atoms with Gasteiger partial charge in [0.1, 0.15) is 4.88 Å². The molecular formula is C18H12N4O4S. The Balaban J connectivity index is 1.49. The zero-order chi connectivity index (χ0) is 19.0. The molecule has 3 aromatic rings. The molecule has 4 rings (SSSR count). The summed E-state index contributed by atoms with van der Waals surface area (Å²) in [7, 11) is 0. The summed E-state index contributed by atoms with van der Waals surface area (Å²) >= 11 is 1.09. The lowest BCUT2D eigenvalue weighted by atomic mass is 10.1. The molecule has 0 aliphatic carbocycles. The molecule has 1 aromatic carbocycles. The first-order chi connectivity index (χ1) is 13.1. The van der Waals surface area contributed by atoms with E-state index in [1.807, 2.05) is 0 Å². The van der Waals surface area contributed by atoms with Crippen molar-refractivity contribution >= 4 is 29.1 Å². The van der Waals surface area contributed by atoms with Crippen LogP contribution in [0.2, 0.25) is 0 Å². The Kier molecular flexibility index (Phi) is 4.21. The molecule has 9 heteroatoms. The molecule has 3 heterocycles. The van der Waals surface area contributed by atoms with Crippen molar-refractivity contribution in [2.75, 3.05) is 6.73 Å². The summed E-state index contributed by atoms with van der Waals surface area (Å²) in [5.41, 5.74) is 1.07. The average molecular weight is 380 g/mol. The van der Waals surface area contributed by atoms with E-state index in [9.17, 15) is 14.4 Å². The third-order valence-corrected chi connectivity index (χ3v) is 5.08. The van der Waals surface area contributed by atoms with E-state index in [1.54, 1.807) is 49.6 Å². The molecule has 0 N–H and O–H groups in total. The number of esters is 1. The van der Waals surface area contributed by atoms with Gasteiger partial charge in [0.25, 0.3) is 11.8 Å². The number of nitrogens with zero attached hydrogens (tertiary/aromatic N) is 4. The summed E-state index contributed by atoms with van der Waals surface area (Å²) in [5, 5.41) is 0.487. The number of carbonyl (C=O) groups is 3. The van der Waals surface area contributed by atoms with E-state index in [1.165, 1.54) is 0 Å². The largest absolute Gasteiger partial charge is 0.439 e. The second-order valence-corrected chi connectivity index (χ2v) is 6.65. The minimum atomic E-state index is -0.663. The summed E-state index contributed by atoms with van der Waals surface area (Å²) in [6.45, 7) is 1.21. The standard InChI is InChI=1S/C18H12N4O4S/c1-10-13(27-15(21-10)14-19-7-4-8-20-14)18(25)26-9-22-16(23)11-5-2-3-6-12(11)17(22)24/h2-8H,9H2,1H3. The second-order valence-electron chi connectivity index (χ2n) is 5.65. The molecule has 0 fully saturated rings. The van der Waals surface area contributed by atoms with Crippen molar-refractivity contribution < 1.29 is 19.1 Å². The highest BCUT2D eigenvalue weighted by atomic mass is 32.1. The van der Waals surface area contributed by atoms with Gasteiger partial charge in [0.05, 0.1) is 16.8 Å². The van der Waals surface area contributed by atoms with Crippen LogP contribution in [0.25, 0.3) is 10.8 Å². The molecule has 1 aliphatic rings. The maximum Gasteiger partial charge on any atom is 0.352 e. The number of imide groups is 1. The number of benzene rings is 1. The minimum Gasteiger partial charge on any atom is -0.439 e. The van der Waals surface area contributed by atoms with Gasteiger partial charge in [-0.3, -0.25) is 9.59 Å². The number of hydrogen-bond donors (Lipinski definition) is 0. The Bertz CT molecular complexity index is 1030. The van der Waals surface area contributed by atoms with Gasteiger partial charge >= 0.3 is 5.97 Å². The van der Waals surface area contributed by atoms with Crippen molar-refractivity contribution in [1.29, 1.82) is 0 Å². The summed E-state index contributed by atoms with van der Waals surface area (Å²) in [5.74, 6) is -1.22. The summed E-state index contributed by atoms with van der Waals surface area (Å²) in [6.07, 6.45) is 3.17. The lowest BCUT2D eigenvalue weighted by molar-refractivity contribution is 0.0231. The molecule has 0 bridgehead atoms. The number of thiazole rings is 1. The van der Waals surface area contributed by atoms with Crippen molar-refractivity contribution in [3.8, 4) is 10.8 Å². The SMILES string of the molecule is Cc1nc(-c2ncccn2)sc1C(=O)OCN1C(=O)c2ccccc2C1=O. The number of fused-ring (bicyclic) bond motifs is 1. The third-order valence-electron chi connectivity index (χ3n) is 3.94. The number of aromatic nitrogens is 3. The highest BCUT2D eigenvalue weighted by molar-refractivity contribution is 7.16. The Labute approximate surface area is 157 Å². The van der Waals surface area contributed by atoms with Crippen LogP contribution in [0.5, 0.6) is 0 Å². The van der Waals surface area contributed by atoms with Gasteiger partial charge in [-0.15, -0.1) is 11.3 Å². The van der Waals surface area contributed by atoms with E-state index in [2.05, 4.69) is 15.0 Å². The molecule has 8 nitrogen and oxygen atoms in total. The summed E-state index contributed by atoms with van der Waals surface area (Å²) < 4.78 is 5.19. The molecule has 134 valence electrons. The van der Waals surface area contributed by atoms with Gasteiger partial charge < -0.3 is 4.74 Å². The molecule has 27 heavy (non-hydrogen) atoms. The minimum absolute atomic E-state index is 0.272. The summed E-state index contributed by atoms with van der Waals surface area (Å²) in [4.78, 5) is 50.7. The van der Waals surface area contributed by atoms with Gasteiger partial charge in [0.15, 0.2) is 17.6 Å². The maximum atomic E-state index is 12.4. The highest BCUT2D eigenvalue weighted by Gasteiger charge is 2.36. The van der Waals surface area contributed by atoms with E-state index in [4.69, 9.17) is 4.74 Å². The monoisotopic (exact) mass is 380 g/mol. The van der Waals surface area contributed by atoms with E-state index >= 15 is 0 Å². The van der Waals surface area contributed by atoms with Gasteiger partial charge in [-0.2, -0.15) is 0 Å². The number of carbonyl (C=O) groups excluding carboxylic acids is 3. The molecule has 1 aliphatic heterocycles. The zero-order valence-electron chi connectivity index (χ0n) is 14.1. The molecule has 2 aromatic heterocycles. The number of amides is 2. The van der Waals surface area contributed by atoms with Crippen LogP contribution < -0.4 is 0 Å². The molecular weight excluding hydrogens is 368 g/mol. The van der Waals surface area contributed by atoms with E-state index in [-0.39, 0.29) is 4.88 Å². The fourth-order valence-electron chi connectivity index (χ4n) is 2.64. The fourth-order valence-corrected chi connectivity index (χ4v) is 3.54. The summed E-state index contributed by atoms with van der Waals surface area (Å²) in [6, 6.07) is 8.16. The van der Waals surface area contributed by atoms with E-state index in [0.29, 0.717) is 27.7 Å². The van der Waals surface area contributed by atoms with Crippen LogP contribution in [0, 0.1) is 6.92 Å². The number of ether oxygens (including phenoxy) is 1. The van der Waals surface area contributed by atoms with Crippen molar-refractivity contribution in [1.82, 2.24) is 19.9 Å². The molecule has 0 saturated carbocycles. The molecule has 0 spiro atoms. The van der Waals surface area contributed by atoms with Crippen LogP contribution >= 0.6 is 11.3 Å². The van der Waals surface area contributed by atoms with Gasteiger partial charge in [-0.1, -0.05) is 12.1 Å². The van der Waals surface area contributed by atoms with E-state index in [0.717, 1.165) is 16.2 Å². The van der Waals surface area contributed by atoms with Crippen molar-refractivity contribution in [2.45, 2.75) is 6.92 Å². The number of aryl methyl sites for hydroxylation is 1. The van der Waals surface area contributed by atoms with Crippen LogP contribution in [0.3, 0.4) is 0 Å². The number of rotatable bonds is 4. The second kappa shape index (κ2) is 6.69. The quantitative estimate of drug-likeness (QED) is 0.505. The van der Waals surface area contributed by atoms with Crippen LogP contribution in [0.4, 0.5) is 0 Å². The van der Waals surface area contributed by atoms with Crippen molar-refractivity contribution in [3.05, 3.63) is 64.4 Å². The predicted molar refractivity (Wildman–Crippen MR) is 95.1 cm³/mol. The predicted octanol–water partition coefficient (Wildman–Crippen LogP) is 2.32. The molecule has 2 amide bonds. The molecule has 0 radical (unpaired) electrons. The van der Waals surface area contributed by atoms with Crippen LogP contribution in [-0.4, -0.2) is 44.4 Å². The molecule has 0 atom stereocenters. The van der Waals surface area contributed by atoms with Crippen molar-refractivity contribution in [2.24, 2.45) is 0 Å². The lowest BCUT2D eigenvalue weighted by Gasteiger charge is -2.13. The Morgan fingerprint density at radius 3 is 2.33 bits per heavy atom. The van der Waals surface area contributed by atoms with Gasteiger partial charge in [0, 0.05) is 12.4 Å². The highest BCUT2D eigenvalue weighted by Crippen LogP contribution is 2.26. The number of hydrogen-bond acceptors (Lipinski definition) is 8. The van der Waals surface area contributed by atoms with Crippen LogP contribution in [-0.2, 0) is 4.74 Å². The Hall–Kier alpha value is -3.46. The van der Waals surface area contributed by atoms with E-state index < -0.39 is 24.5 Å². The van der Waals surface area contributed by atoms with Crippen LogP contribution in [0.1, 0.15) is 36.1 Å². The third kappa shape index (κ3) is 2.97.